The van der Waals surface area contributed by atoms with Crippen molar-refractivity contribution in [2.75, 3.05) is 0 Å². The molecule has 0 fully saturated rings. The summed E-state index contributed by atoms with van der Waals surface area (Å²) in [7, 11) is 0. The van der Waals surface area contributed by atoms with E-state index in [0.717, 1.165) is 44.5 Å². The smallest absolute Gasteiger partial charge is 0 e. The van der Waals surface area contributed by atoms with Crippen LogP contribution in [-0.4, -0.2) is 32.8 Å². The predicted molar refractivity (Wildman–Crippen MR) is 215 cm³/mol. The summed E-state index contributed by atoms with van der Waals surface area (Å²) in [6, 6.07) is 43.6. The van der Waals surface area contributed by atoms with Crippen molar-refractivity contribution in [3.05, 3.63) is 138 Å². The molecule has 8 rings (SSSR count). The van der Waals surface area contributed by atoms with Crippen LogP contribution < -0.4 is 4.40 Å². The molecule has 0 N–H and O–H groups in total. The van der Waals surface area contributed by atoms with Gasteiger partial charge in [0.1, 0.15) is 0 Å². The van der Waals surface area contributed by atoms with Crippen molar-refractivity contribution in [1.82, 2.24) is 19.5 Å². The Bertz CT molecular complexity index is 2570. The monoisotopic (exact) mass is 934 g/mol. The van der Waals surface area contributed by atoms with Crippen LogP contribution in [0.2, 0.25) is 17.3 Å². The molecule has 0 amide bonds. The van der Waals surface area contributed by atoms with E-state index in [9.17, 15) is 0 Å². The molecule has 0 aliphatic rings. The fraction of sp³-hybridized carbons (Fsp3) is 0.200. The van der Waals surface area contributed by atoms with Gasteiger partial charge in [0.05, 0.1) is 16.9 Å². The number of aromatic nitrogens is 4. The molecule has 4 aromatic carbocycles. The first kappa shape index (κ1) is 37.9. The van der Waals surface area contributed by atoms with Crippen molar-refractivity contribution in [2.45, 2.75) is 56.8 Å². The third-order valence-corrected chi connectivity index (χ3v) is 13.7. The molecule has 0 saturated carbocycles. The molecule has 0 unspecified atom stereocenters. The van der Waals surface area contributed by atoms with Crippen LogP contribution in [-0.2, 0) is 20.1 Å². The van der Waals surface area contributed by atoms with Gasteiger partial charge >= 0.3 is 148 Å². The first-order chi connectivity index (χ1) is 25.0. The number of rotatable bonds is 6. The molecular formula is C45H41GeIrN5O-2. The normalized spacial score (nSPS) is 11.5. The maximum absolute atomic E-state index is 9.05. The van der Waals surface area contributed by atoms with Gasteiger partial charge in [-0.3, -0.25) is 4.98 Å². The molecule has 53 heavy (non-hydrogen) atoms. The minimum Gasteiger partial charge on any atom is 0 e. The van der Waals surface area contributed by atoms with E-state index in [0.29, 0.717) is 28.8 Å². The molecular weight excluding hydrogens is 891 g/mol. The fourth-order valence-electron chi connectivity index (χ4n) is 6.64. The first-order valence-electron chi connectivity index (χ1n) is 17.7. The molecule has 0 aliphatic carbocycles. The van der Waals surface area contributed by atoms with Crippen molar-refractivity contribution >= 4 is 50.8 Å². The molecule has 8 aromatic rings. The Labute approximate surface area is 327 Å². The van der Waals surface area contributed by atoms with Gasteiger partial charge in [-0.15, -0.1) is 35.9 Å². The molecule has 0 saturated heterocycles. The summed E-state index contributed by atoms with van der Waals surface area (Å²) >= 11 is -1.96. The molecule has 0 spiro atoms. The Balaban J connectivity index is 0.000000178. The van der Waals surface area contributed by atoms with Crippen molar-refractivity contribution in [3.8, 4) is 34.4 Å². The van der Waals surface area contributed by atoms with E-state index >= 15 is 0 Å². The second kappa shape index (κ2) is 15.6. The Morgan fingerprint density at radius 1 is 0.774 bits per heavy atom. The van der Waals surface area contributed by atoms with Crippen LogP contribution in [0.4, 0.5) is 0 Å². The van der Waals surface area contributed by atoms with Crippen molar-refractivity contribution in [3.63, 3.8) is 0 Å². The van der Waals surface area contributed by atoms with Gasteiger partial charge in [-0.05, 0) is 35.1 Å². The largest absolute Gasteiger partial charge is 0 e. The molecule has 267 valence electrons. The topological polar surface area (TPSA) is 80.5 Å². The minimum atomic E-state index is -1.96. The summed E-state index contributed by atoms with van der Waals surface area (Å²) < 4.78 is 9.71. The van der Waals surface area contributed by atoms with Crippen LogP contribution in [0, 0.1) is 23.5 Å². The fourth-order valence-corrected chi connectivity index (χ4v) is 9.04. The molecule has 0 bridgehead atoms. The number of nitrogens with zero attached hydrogens (tertiary/aromatic N) is 5. The first-order valence-corrected chi connectivity index (χ1v) is 25.1. The van der Waals surface area contributed by atoms with Gasteiger partial charge < -0.3 is 4.57 Å². The number of hydrogen-bond donors (Lipinski definition) is 0. The van der Waals surface area contributed by atoms with E-state index < -0.39 is 13.3 Å². The summed E-state index contributed by atoms with van der Waals surface area (Å²) in [5.74, 6) is 8.88. The summed E-state index contributed by atoms with van der Waals surface area (Å²) in [4.78, 5) is 13.8. The quantitative estimate of drug-likeness (QED) is 0.123. The Hall–Kier alpha value is -4.87. The molecule has 0 atom stereocenters. The zero-order chi connectivity index (χ0) is 36.6. The maximum Gasteiger partial charge on any atom is 0 e. The number of imidazole rings is 1. The van der Waals surface area contributed by atoms with Crippen LogP contribution in [0.5, 0.6) is 0 Å². The van der Waals surface area contributed by atoms with Gasteiger partial charge in [0, 0.05) is 25.8 Å². The van der Waals surface area contributed by atoms with Gasteiger partial charge in [-0.25, -0.2) is 0 Å². The second-order valence-electron chi connectivity index (χ2n) is 14.7. The van der Waals surface area contributed by atoms with Crippen LogP contribution in [0.1, 0.15) is 56.4 Å². The Kier molecular flexibility index (Phi) is 11.2. The van der Waals surface area contributed by atoms with E-state index in [1.165, 1.54) is 21.2 Å². The van der Waals surface area contributed by atoms with E-state index in [1.54, 1.807) is 6.07 Å². The average molecular weight is 933 g/mol. The van der Waals surface area contributed by atoms with Gasteiger partial charge in [-0.2, -0.15) is 0 Å². The van der Waals surface area contributed by atoms with E-state index in [2.05, 4.69) is 132 Å². The molecule has 4 aromatic heterocycles. The predicted octanol–water partition coefficient (Wildman–Crippen LogP) is 11.0. The SMILES string of the molecule is CC(C)c1cccc(C(C)C)c1-n1c(-c2[c-]cccc2)nc2ccccc21.[CH3][Ge]([CH3])([CH3])[c]1ccnc(-c2[c-]ccc3c2oc2nc(C#N)ccc23)c1.[Ir]. The number of furan rings is 1. The van der Waals surface area contributed by atoms with Crippen LogP contribution in [0.3, 0.4) is 0 Å². The van der Waals surface area contributed by atoms with Gasteiger partial charge in [0.25, 0.3) is 0 Å². The third-order valence-electron chi connectivity index (χ3n) is 9.37. The van der Waals surface area contributed by atoms with Gasteiger partial charge in [0.2, 0.25) is 0 Å². The number of hydrogen-bond acceptors (Lipinski definition) is 5. The zero-order valence-electron chi connectivity index (χ0n) is 31.0. The molecule has 8 heteroatoms. The summed E-state index contributed by atoms with van der Waals surface area (Å²) in [5.41, 5.74) is 10.4. The van der Waals surface area contributed by atoms with E-state index in [-0.39, 0.29) is 20.1 Å². The second-order valence-corrected chi connectivity index (χ2v) is 25.3. The van der Waals surface area contributed by atoms with Gasteiger partial charge in [-0.1, -0.05) is 58.0 Å². The number of benzene rings is 4. The summed E-state index contributed by atoms with van der Waals surface area (Å²) in [6.45, 7) is 9.04. The maximum atomic E-state index is 9.05. The Morgan fingerprint density at radius 2 is 1.51 bits per heavy atom. The third kappa shape index (κ3) is 7.50. The molecule has 1 radical (unpaired) electrons. The van der Waals surface area contributed by atoms with Crippen LogP contribution >= 0.6 is 0 Å². The molecule has 4 heterocycles. The Morgan fingerprint density at radius 3 is 2.19 bits per heavy atom. The van der Waals surface area contributed by atoms with Crippen LogP contribution in [0.15, 0.2) is 114 Å². The standard InChI is InChI=1S/C25H25N2.C20H16GeN3O.Ir/c1-17(2)20-13-10-14-21(18(3)4)24(20)27-23-16-9-8-15-22(23)26-25(27)19-11-6-5-7-12-19;1-21(2,3)13-9-10-23-18(11-13)17-6-4-5-15-16-8-7-14(12-22)24-20(16)25-19(15)17;/h5-11,13-18H,1-4H3;4-5,7-11H,1-3H3;/q2*-1;. The minimum absolute atomic E-state index is 0. The number of pyridine rings is 2. The van der Waals surface area contributed by atoms with Gasteiger partial charge in [0.15, 0.2) is 0 Å². The van der Waals surface area contributed by atoms with E-state index in [4.69, 9.17) is 14.7 Å². The van der Waals surface area contributed by atoms with Crippen molar-refractivity contribution < 1.29 is 24.5 Å². The molecule has 6 nitrogen and oxygen atoms in total. The summed E-state index contributed by atoms with van der Waals surface area (Å²) in [6.07, 6.45) is 1.86. The van der Waals surface area contributed by atoms with Crippen LogP contribution in [0.25, 0.3) is 61.4 Å². The van der Waals surface area contributed by atoms with E-state index in [1.807, 2.05) is 48.7 Å². The van der Waals surface area contributed by atoms with Crippen molar-refractivity contribution in [1.29, 1.82) is 5.26 Å². The zero-order valence-corrected chi connectivity index (χ0v) is 35.5. The average Bonchev–Trinajstić information content (AvgIpc) is 3.73. The molecule has 0 aliphatic heterocycles. The summed E-state index contributed by atoms with van der Waals surface area (Å²) in [5, 5.41) is 10.9. The number of nitriles is 1. The number of para-hydroxylation sites is 3. The van der Waals surface area contributed by atoms with Crippen molar-refractivity contribution in [2.24, 2.45) is 0 Å². The number of fused-ring (bicyclic) bond motifs is 4.